The molecule has 0 bridgehead atoms. The van der Waals surface area contributed by atoms with Gasteiger partial charge in [-0.3, -0.25) is 0 Å². The number of nitrogens with zero attached hydrogens (tertiary/aromatic N) is 1. The van der Waals surface area contributed by atoms with Crippen molar-refractivity contribution in [3.8, 4) is 6.07 Å². The Labute approximate surface area is 79.0 Å². The Morgan fingerprint density at radius 3 is 2.38 bits per heavy atom. The lowest BCUT2D eigenvalue weighted by molar-refractivity contribution is 0.645. The maximum atomic E-state index is 8.83. The second-order valence-electron chi connectivity index (χ2n) is 3.61. The first kappa shape index (κ1) is 9.76. The summed E-state index contributed by atoms with van der Waals surface area (Å²) in [6.45, 7) is 5.78. The zero-order valence-corrected chi connectivity index (χ0v) is 8.26. The summed E-state index contributed by atoms with van der Waals surface area (Å²) in [5.41, 5.74) is 8.18. The van der Waals surface area contributed by atoms with Crippen LogP contribution in [0.2, 0.25) is 0 Å². The molecule has 13 heavy (non-hydrogen) atoms. The fraction of sp³-hybridized carbons (Fsp3) is 0.364. The van der Waals surface area contributed by atoms with Gasteiger partial charge in [0.2, 0.25) is 0 Å². The van der Waals surface area contributed by atoms with E-state index in [1.54, 1.807) is 6.92 Å². The van der Waals surface area contributed by atoms with Gasteiger partial charge < -0.3 is 5.73 Å². The zero-order chi connectivity index (χ0) is 10.1. The van der Waals surface area contributed by atoms with Crippen molar-refractivity contribution < 1.29 is 0 Å². The van der Waals surface area contributed by atoms with E-state index in [2.05, 4.69) is 6.07 Å². The molecule has 0 aliphatic carbocycles. The van der Waals surface area contributed by atoms with Crippen LogP contribution in [0.25, 0.3) is 0 Å². The van der Waals surface area contributed by atoms with Crippen LogP contribution in [-0.4, -0.2) is 0 Å². The zero-order valence-electron chi connectivity index (χ0n) is 8.26. The van der Waals surface area contributed by atoms with Gasteiger partial charge in [0.15, 0.2) is 0 Å². The van der Waals surface area contributed by atoms with E-state index >= 15 is 0 Å². The molecule has 1 aromatic rings. The Kier molecular flexibility index (Phi) is 2.40. The first-order chi connectivity index (χ1) is 5.97. The standard InChI is InChI=1S/C11H14N2/c1-8-4-5-10(6-9(8)2)11(3,13)7-12/h4-6H,13H2,1-3H3. The normalized spacial score (nSPS) is 14.7. The molecule has 2 heteroatoms. The lowest BCUT2D eigenvalue weighted by atomic mass is 9.92. The van der Waals surface area contributed by atoms with Gasteiger partial charge in [-0.25, -0.2) is 0 Å². The van der Waals surface area contributed by atoms with Crippen molar-refractivity contribution >= 4 is 0 Å². The maximum absolute atomic E-state index is 8.83. The van der Waals surface area contributed by atoms with Crippen molar-refractivity contribution in [1.29, 1.82) is 5.26 Å². The summed E-state index contributed by atoms with van der Waals surface area (Å²) in [6, 6.07) is 7.95. The summed E-state index contributed by atoms with van der Waals surface area (Å²) in [7, 11) is 0. The van der Waals surface area contributed by atoms with Crippen LogP contribution in [0.1, 0.15) is 23.6 Å². The van der Waals surface area contributed by atoms with Crippen LogP contribution < -0.4 is 5.73 Å². The van der Waals surface area contributed by atoms with E-state index < -0.39 is 5.54 Å². The van der Waals surface area contributed by atoms with Gasteiger partial charge in [0, 0.05) is 0 Å². The predicted octanol–water partition coefficient (Wildman–Crippen LogP) is 2.00. The third kappa shape index (κ3) is 1.88. The van der Waals surface area contributed by atoms with Crippen LogP contribution >= 0.6 is 0 Å². The number of nitriles is 1. The highest BCUT2D eigenvalue weighted by Crippen LogP contribution is 2.19. The third-order valence-corrected chi connectivity index (χ3v) is 2.34. The van der Waals surface area contributed by atoms with Crippen molar-refractivity contribution in [3.05, 3.63) is 34.9 Å². The Morgan fingerprint density at radius 1 is 1.31 bits per heavy atom. The van der Waals surface area contributed by atoms with Crippen LogP contribution in [0.15, 0.2) is 18.2 Å². The minimum atomic E-state index is -0.877. The van der Waals surface area contributed by atoms with Gasteiger partial charge in [0.1, 0.15) is 5.54 Å². The Morgan fingerprint density at radius 2 is 1.92 bits per heavy atom. The molecule has 0 spiro atoms. The number of hydrogen-bond donors (Lipinski definition) is 1. The SMILES string of the molecule is Cc1ccc(C(C)(N)C#N)cc1C. The molecule has 1 rings (SSSR count). The lowest BCUT2D eigenvalue weighted by Gasteiger charge is -2.16. The van der Waals surface area contributed by atoms with Crippen LogP contribution in [0.4, 0.5) is 0 Å². The minimum absolute atomic E-state index is 0.873. The average Bonchev–Trinajstić information content (AvgIpc) is 2.09. The van der Waals surface area contributed by atoms with Gasteiger partial charge in [-0.1, -0.05) is 18.2 Å². The quantitative estimate of drug-likeness (QED) is 0.708. The van der Waals surface area contributed by atoms with Crippen molar-refractivity contribution in [2.24, 2.45) is 5.73 Å². The molecule has 0 aromatic heterocycles. The van der Waals surface area contributed by atoms with E-state index in [1.165, 1.54) is 11.1 Å². The monoisotopic (exact) mass is 174 g/mol. The van der Waals surface area contributed by atoms with E-state index in [1.807, 2.05) is 32.0 Å². The molecule has 0 heterocycles. The maximum Gasteiger partial charge on any atom is 0.126 e. The molecule has 0 saturated carbocycles. The molecule has 0 fully saturated rings. The van der Waals surface area contributed by atoms with Gasteiger partial charge in [-0.15, -0.1) is 0 Å². The molecule has 0 saturated heterocycles. The van der Waals surface area contributed by atoms with Gasteiger partial charge in [-0.2, -0.15) is 5.26 Å². The highest BCUT2D eigenvalue weighted by atomic mass is 14.7. The number of benzene rings is 1. The molecule has 2 nitrogen and oxygen atoms in total. The smallest absolute Gasteiger partial charge is 0.126 e. The molecule has 1 aromatic carbocycles. The van der Waals surface area contributed by atoms with E-state index in [0.29, 0.717) is 0 Å². The average molecular weight is 174 g/mol. The van der Waals surface area contributed by atoms with E-state index in [-0.39, 0.29) is 0 Å². The summed E-state index contributed by atoms with van der Waals surface area (Å²) >= 11 is 0. The highest BCUT2D eigenvalue weighted by Gasteiger charge is 2.20. The van der Waals surface area contributed by atoms with Crippen LogP contribution in [0.5, 0.6) is 0 Å². The van der Waals surface area contributed by atoms with Crippen molar-refractivity contribution in [1.82, 2.24) is 0 Å². The molecule has 68 valence electrons. The topological polar surface area (TPSA) is 49.8 Å². The molecule has 0 amide bonds. The Balaban J connectivity index is 3.20. The van der Waals surface area contributed by atoms with E-state index in [4.69, 9.17) is 11.0 Å². The Bertz CT molecular complexity index is 359. The summed E-state index contributed by atoms with van der Waals surface area (Å²) in [4.78, 5) is 0. The van der Waals surface area contributed by atoms with Crippen molar-refractivity contribution in [2.45, 2.75) is 26.3 Å². The van der Waals surface area contributed by atoms with Crippen molar-refractivity contribution in [3.63, 3.8) is 0 Å². The molecule has 1 unspecified atom stereocenters. The van der Waals surface area contributed by atoms with Crippen LogP contribution in [0, 0.1) is 25.2 Å². The molecule has 0 aliphatic heterocycles. The van der Waals surface area contributed by atoms with E-state index in [0.717, 1.165) is 5.56 Å². The molecule has 0 radical (unpaired) electrons. The van der Waals surface area contributed by atoms with Crippen molar-refractivity contribution in [2.75, 3.05) is 0 Å². The number of aryl methyl sites for hydroxylation is 2. The highest BCUT2D eigenvalue weighted by molar-refractivity contribution is 5.36. The molecule has 0 aliphatic rings. The van der Waals surface area contributed by atoms with Gasteiger partial charge in [0.05, 0.1) is 6.07 Å². The summed E-state index contributed by atoms with van der Waals surface area (Å²) < 4.78 is 0. The third-order valence-electron chi connectivity index (χ3n) is 2.34. The first-order valence-electron chi connectivity index (χ1n) is 4.25. The summed E-state index contributed by atoms with van der Waals surface area (Å²) in [6.07, 6.45) is 0. The van der Waals surface area contributed by atoms with E-state index in [9.17, 15) is 0 Å². The molecule has 2 N–H and O–H groups in total. The minimum Gasteiger partial charge on any atom is -0.310 e. The molecular weight excluding hydrogens is 160 g/mol. The number of rotatable bonds is 1. The number of nitrogens with two attached hydrogens (primary N) is 1. The Hall–Kier alpha value is -1.33. The largest absolute Gasteiger partial charge is 0.310 e. The van der Waals surface area contributed by atoms with Gasteiger partial charge in [0.25, 0.3) is 0 Å². The van der Waals surface area contributed by atoms with Gasteiger partial charge >= 0.3 is 0 Å². The fourth-order valence-corrected chi connectivity index (χ4v) is 1.13. The van der Waals surface area contributed by atoms with Gasteiger partial charge in [-0.05, 0) is 37.5 Å². The predicted molar refractivity (Wildman–Crippen MR) is 53.1 cm³/mol. The summed E-state index contributed by atoms with van der Waals surface area (Å²) in [5, 5.41) is 8.83. The first-order valence-corrected chi connectivity index (χ1v) is 4.25. The number of hydrogen-bond acceptors (Lipinski definition) is 2. The summed E-state index contributed by atoms with van der Waals surface area (Å²) in [5.74, 6) is 0. The lowest BCUT2D eigenvalue weighted by Crippen LogP contribution is -2.30. The molecule has 1 atom stereocenters. The fourth-order valence-electron chi connectivity index (χ4n) is 1.13. The van der Waals surface area contributed by atoms with Crippen LogP contribution in [-0.2, 0) is 5.54 Å². The second kappa shape index (κ2) is 3.20. The second-order valence-corrected chi connectivity index (χ2v) is 3.61. The molecular formula is C11H14N2. The van der Waals surface area contributed by atoms with Crippen LogP contribution in [0.3, 0.4) is 0 Å².